The van der Waals surface area contributed by atoms with Gasteiger partial charge < -0.3 is 4.74 Å². The van der Waals surface area contributed by atoms with Crippen LogP contribution in [0.4, 0.5) is 0 Å². The molecule has 0 atom stereocenters. The zero-order valence-corrected chi connectivity index (χ0v) is 10.8. The molecular weight excluding hydrogens is 242 g/mol. The fourth-order valence-corrected chi connectivity index (χ4v) is 2.60. The van der Waals surface area contributed by atoms with Crippen LogP contribution in [0.3, 0.4) is 0 Å². The van der Waals surface area contributed by atoms with E-state index in [-0.39, 0.29) is 18.6 Å². The van der Waals surface area contributed by atoms with E-state index in [4.69, 9.17) is 4.74 Å². The number of ether oxygens (including phenoxy) is 1. The highest BCUT2D eigenvalue weighted by Crippen LogP contribution is 2.24. The summed E-state index contributed by atoms with van der Waals surface area (Å²) in [5.41, 5.74) is 0.677. The molecule has 2 heterocycles. The van der Waals surface area contributed by atoms with Crippen LogP contribution in [0, 0.1) is 0 Å². The normalized spacial score (nSPS) is 20.9. The summed E-state index contributed by atoms with van der Waals surface area (Å²) in [5.74, 6) is 0.400. The van der Waals surface area contributed by atoms with Crippen LogP contribution in [0.25, 0.3) is 0 Å². The molecule has 0 unspecified atom stereocenters. The van der Waals surface area contributed by atoms with Gasteiger partial charge in [-0.15, -0.1) is 5.10 Å². The standard InChI is InChI=1S/C14H17N3O2/c18-13-10-19-14(12-8-4-5-9-15-12)16-17(13)11-6-2-1-3-7-11/h4-5,8-9,11H,1-3,6-7,10H2. The second-order valence-corrected chi connectivity index (χ2v) is 4.94. The monoisotopic (exact) mass is 259 g/mol. The SMILES string of the molecule is O=C1COC(c2ccccn2)=NN1C1CCCCC1. The second kappa shape index (κ2) is 5.38. The predicted octanol–water partition coefficient (Wildman–Crippen LogP) is 1.93. The molecule has 1 aliphatic carbocycles. The van der Waals surface area contributed by atoms with Gasteiger partial charge in [-0.25, -0.2) is 5.01 Å². The molecule has 3 rings (SSSR count). The summed E-state index contributed by atoms with van der Waals surface area (Å²) < 4.78 is 5.39. The summed E-state index contributed by atoms with van der Waals surface area (Å²) in [7, 11) is 0. The zero-order valence-electron chi connectivity index (χ0n) is 10.8. The largest absolute Gasteiger partial charge is 0.465 e. The highest BCUT2D eigenvalue weighted by atomic mass is 16.5. The van der Waals surface area contributed by atoms with Crippen LogP contribution in [0.1, 0.15) is 37.8 Å². The maximum Gasteiger partial charge on any atom is 0.281 e. The Morgan fingerprint density at radius 1 is 1.21 bits per heavy atom. The van der Waals surface area contributed by atoms with Gasteiger partial charge in [-0.1, -0.05) is 25.3 Å². The molecule has 1 fully saturated rings. The first-order chi connectivity index (χ1) is 9.34. The average molecular weight is 259 g/mol. The minimum absolute atomic E-state index is 0.0495. The zero-order chi connectivity index (χ0) is 13.1. The molecule has 0 aromatic carbocycles. The van der Waals surface area contributed by atoms with Crippen molar-refractivity contribution in [2.45, 2.75) is 38.1 Å². The molecule has 1 aromatic rings. The quantitative estimate of drug-likeness (QED) is 0.815. The van der Waals surface area contributed by atoms with Crippen molar-refractivity contribution in [1.29, 1.82) is 0 Å². The third-order valence-electron chi connectivity index (χ3n) is 3.59. The summed E-state index contributed by atoms with van der Waals surface area (Å²) in [6.07, 6.45) is 7.36. The van der Waals surface area contributed by atoms with E-state index >= 15 is 0 Å². The Bertz CT molecular complexity index is 481. The molecule has 0 bridgehead atoms. The Morgan fingerprint density at radius 3 is 2.79 bits per heavy atom. The number of amides is 1. The lowest BCUT2D eigenvalue weighted by Crippen LogP contribution is -2.44. The smallest absolute Gasteiger partial charge is 0.281 e. The van der Waals surface area contributed by atoms with Gasteiger partial charge in [0.2, 0.25) is 0 Å². The van der Waals surface area contributed by atoms with Gasteiger partial charge in [-0.3, -0.25) is 9.78 Å². The van der Waals surface area contributed by atoms with E-state index in [9.17, 15) is 4.79 Å². The van der Waals surface area contributed by atoms with Crippen LogP contribution in [-0.2, 0) is 9.53 Å². The van der Waals surface area contributed by atoms with Crippen molar-refractivity contribution in [3.63, 3.8) is 0 Å². The molecular formula is C14H17N3O2. The summed E-state index contributed by atoms with van der Waals surface area (Å²) in [5, 5.41) is 5.99. The molecule has 1 aliphatic heterocycles. The van der Waals surface area contributed by atoms with E-state index in [1.807, 2.05) is 18.2 Å². The van der Waals surface area contributed by atoms with Crippen molar-refractivity contribution in [3.05, 3.63) is 30.1 Å². The van der Waals surface area contributed by atoms with Crippen LogP contribution >= 0.6 is 0 Å². The van der Waals surface area contributed by atoms with Gasteiger partial charge in [0.05, 0.1) is 6.04 Å². The van der Waals surface area contributed by atoms with Gasteiger partial charge in [0.25, 0.3) is 11.8 Å². The van der Waals surface area contributed by atoms with E-state index < -0.39 is 0 Å². The van der Waals surface area contributed by atoms with E-state index in [2.05, 4.69) is 10.1 Å². The van der Waals surface area contributed by atoms with Crippen molar-refractivity contribution in [1.82, 2.24) is 9.99 Å². The molecule has 5 heteroatoms. The number of carbonyl (C=O) groups excluding carboxylic acids is 1. The number of nitrogens with zero attached hydrogens (tertiary/aromatic N) is 3. The predicted molar refractivity (Wildman–Crippen MR) is 70.4 cm³/mol. The maximum atomic E-state index is 11.9. The number of carbonyl (C=O) groups is 1. The van der Waals surface area contributed by atoms with E-state index in [1.54, 1.807) is 11.2 Å². The lowest BCUT2D eigenvalue weighted by atomic mass is 9.95. The molecule has 0 saturated heterocycles. The number of rotatable bonds is 2. The minimum Gasteiger partial charge on any atom is -0.465 e. The highest BCUT2D eigenvalue weighted by molar-refractivity contribution is 5.96. The van der Waals surface area contributed by atoms with E-state index in [0.29, 0.717) is 11.6 Å². The molecule has 19 heavy (non-hydrogen) atoms. The fraction of sp³-hybridized carbons (Fsp3) is 0.500. The number of hydrazone groups is 1. The number of aromatic nitrogens is 1. The van der Waals surface area contributed by atoms with Crippen LogP contribution in [0.15, 0.2) is 29.5 Å². The lowest BCUT2D eigenvalue weighted by molar-refractivity contribution is -0.138. The van der Waals surface area contributed by atoms with Crippen LogP contribution < -0.4 is 0 Å². The van der Waals surface area contributed by atoms with Crippen molar-refractivity contribution in [2.24, 2.45) is 5.10 Å². The minimum atomic E-state index is -0.0495. The molecule has 1 amide bonds. The van der Waals surface area contributed by atoms with Gasteiger partial charge >= 0.3 is 0 Å². The maximum absolute atomic E-state index is 11.9. The Morgan fingerprint density at radius 2 is 2.05 bits per heavy atom. The van der Waals surface area contributed by atoms with Crippen LogP contribution in [-0.4, -0.2) is 34.4 Å². The molecule has 5 nitrogen and oxygen atoms in total. The molecule has 2 aliphatic rings. The van der Waals surface area contributed by atoms with Crippen LogP contribution in [0.5, 0.6) is 0 Å². The Hall–Kier alpha value is -1.91. The first-order valence-electron chi connectivity index (χ1n) is 6.79. The topological polar surface area (TPSA) is 54.8 Å². The first-order valence-corrected chi connectivity index (χ1v) is 6.79. The van der Waals surface area contributed by atoms with Gasteiger partial charge in [0, 0.05) is 6.20 Å². The van der Waals surface area contributed by atoms with Crippen molar-refractivity contribution in [2.75, 3.05) is 6.61 Å². The summed E-state index contributed by atoms with van der Waals surface area (Å²) in [6, 6.07) is 5.80. The third kappa shape index (κ3) is 2.59. The van der Waals surface area contributed by atoms with Crippen molar-refractivity contribution >= 4 is 11.8 Å². The fourth-order valence-electron chi connectivity index (χ4n) is 2.60. The molecule has 0 radical (unpaired) electrons. The van der Waals surface area contributed by atoms with Gasteiger partial charge in [0.1, 0.15) is 5.69 Å². The molecule has 100 valence electrons. The van der Waals surface area contributed by atoms with Crippen molar-refractivity contribution < 1.29 is 9.53 Å². The highest BCUT2D eigenvalue weighted by Gasteiger charge is 2.30. The van der Waals surface area contributed by atoms with Gasteiger partial charge in [-0.05, 0) is 25.0 Å². The number of pyridine rings is 1. The third-order valence-corrected chi connectivity index (χ3v) is 3.59. The average Bonchev–Trinajstić information content (AvgIpc) is 2.49. The molecule has 1 aromatic heterocycles. The Balaban J connectivity index is 1.84. The van der Waals surface area contributed by atoms with Crippen molar-refractivity contribution in [3.8, 4) is 0 Å². The number of hydrogen-bond acceptors (Lipinski definition) is 4. The van der Waals surface area contributed by atoms with Gasteiger partial charge in [-0.2, -0.15) is 0 Å². The second-order valence-electron chi connectivity index (χ2n) is 4.94. The number of hydrogen-bond donors (Lipinski definition) is 0. The lowest BCUT2D eigenvalue weighted by Gasteiger charge is -2.32. The van der Waals surface area contributed by atoms with Crippen LogP contribution in [0.2, 0.25) is 0 Å². The first kappa shape index (κ1) is 12.1. The molecule has 0 spiro atoms. The van der Waals surface area contributed by atoms with Gasteiger partial charge in [0.15, 0.2) is 6.61 Å². The van der Waals surface area contributed by atoms with E-state index in [1.165, 1.54) is 19.3 Å². The molecule has 0 N–H and O–H groups in total. The van der Waals surface area contributed by atoms with E-state index in [0.717, 1.165) is 12.8 Å². The summed E-state index contributed by atoms with van der Waals surface area (Å²) in [4.78, 5) is 16.2. The summed E-state index contributed by atoms with van der Waals surface area (Å²) in [6.45, 7) is 0.0614. The Kier molecular flexibility index (Phi) is 3.44. The Labute approximate surface area is 112 Å². The molecule has 1 saturated carbocycles. The summed E-state index contributed by atoms with van der Waals surface area (Å²) >= 11 is 0.